The van der Waals surface area contributed by atoms with E-state index in [-0.39, 0.29) is 5.69 Å². The lowest BCUT2D eigenvalue weighted by molar-refractivity contribution is 0.0687. The van der Waals surface area contributed by atoms with Crippen molar-refractivity contribution in [3.63, 3.8) is 0 Å². The van der Waals surface area contributed by atoms with Gasteiger partial charge in [-0.3, -0.25) is 4.40 Å². The largest absolute Gasteiger partial charge is 0.477 e. The van der Waals surface area contributed by atoms with Crippen LogP contribution in [0.1, 0.15) is 46.3 Å². The summed E-state index contributed by atoms with van der Waals surface area (Å²) in [5.41, 5.74) is 2.70. The Kier molecular flexibility index (Phi) is 1.98. The first-order chi connectivity index (χ1) is 8.08. The van der Waals surface area contributed by atoms with Gasteiger partial charge in [-0.1, -0.05) is 0 Å². The van der Waals surface area contributed by atoms with Crippen molar-refractivity contribution in [2.24, 2.45) is 0 Å². The third kappa shape index (κ3) is 1.50. The molecule has 1 aliphatic carbocycles. The monoisotopic (exact) mass is 231 g/mol. The van der Waals surface area contributed by atoms with Gasteiger partial charge in [-0.2, -0.15) is 0 Å². The molecule has 17 heavy (non-hydrogen) atoms. The Bertz CT molecular complexity index is 626. The summed E-state index contributed by atoms with van der Waals surface area (Å²) in [6.45, 7) is 3.77. The molecule has 0 amide bonds. The molecule has 1 fully saturated rings. The van der Waals surface area contributed by atoms with Crippen molar-refractivity contribution in [2.75, 3.05) is 0 Å². The van der Waals surface area contributed by atoms with Crippen LogP contribution in [0.4, 0.5) is 0 Å². The molecule has 0 saturated heterocycles. The third-order valence-corrected chi connectivity index (χ3v) is 3.10. The molecule has 1 N–H and O–H groups in total. The number of aryl methyl sites for hydroxylation is 2. The number of hydrogen-bond acceptors (Lipinski definition) is 3. The predicted molar refractivity (Wildman–Crippen MR) is 61.4 cm³/mol. The number of aromatic nitrogens is 3. The van der Waals surface area contributed by atoms with Crippen LogP contribution in [-0.2, 0) is 0 Å². The van der Waals surface area contributed by atoms with Crippen LogP contribution in [-0.4, -0.2) is 25.4 Å². The maximum absolute atomic E-state index is 11.4. The minimum atomic E-state index is -0.923. The summed E-state index contributed by atoms with van der Waals surface area (Å²) in [5.74, 6) is -0.113. The lowest BCUT2D eigenvalue weighted by atomic mass is 10.2. The fourth-order valence-corrected chi connectivity index (χ4v) is 2.24. The van der Waals surface area contributed by atoms with Crippen LogP contribution >= 0.6 is 0 Å². The maximum atomic E-state index is 11.4. The molecule has 0 radical (unpaired) electrons. The van der Waals surface area contributed by atoms with Crippen molar-refractivity contribution < 1.29 is 9.90 Å². The van der Waals surface area contributed by atoms with Gasteiger partial charge in [0.1, 0.15) is 0 Å². The van der Waals surface area contributed by atoms with Gasteiger partial charge in [0.2, 0.25) is 5.78 Å². The summed E-state index contributed by atoms with van der Waals surface area (Å²) in [6.07, 6.45) is 2.06. The number of carbonyl (C=O) groups is 1. The highest BCUT2D eigenvalue weighted by atomic mass is 16.4. The van der Waals surface area contributed by atoms with Crippen molar-refractivity contribution in [2.45, 2.75) is 32.6 Å². The van der Waals surface area contributed by atoms with Crippen LogP contribution in [0.15, 0.2) is 6.07 Å². The second-order valence-electron chi connectivity index (χ2n) is 4.60. The Labute approximate surface area is 98.1 Å². The standard InChI is InChI=1S/C12H13N3O2/c1-6-5-7(2)15-10(11(16)17)9(8-3-4-8)14-12(15)13-6/h5,8H,3-4H2,1-2H3,(H,16,17). The van der Waals surface area contributed by atoms with E-state index in [9.17, 15) is 9.90 Å². The van der Waals surface area contributed by atoms with Gasteiger partial charge in [-0.05, 0) is 32.8 Å². The molecule has 2 heterocycles. The Morgan fingerprint density at radius 3 is 2.71 bits per heavy atom. The highest BCUT2D eigenvalue weighted by molar-refractivity contribution is 5.88. The smallest absolute Gasteiger partial charge is 0.354 e. The van der Waals surface area contributed by atoms with Gasteiger partial charge < -0.3 is 5.11 Å². The van der Waals surface area contributed by atoms with Gasteiger partial charge in [0.15, 0.2) is 5.69 Å². The molecule has 5 nitrogen and oxygen atoms in total. The van der Waals surface area contributed by atoms with Crippen molar-refractivity contribution in [3.05, 3.63) is 28.8 Å². The van der Waals surface area contributed by atoms with Crippen molar-refractivity contribution in [1.29, 1.82) is 0 Å². The first-order valence-corrected chi connectivity index (χ1v) is 5.68. The molecular weight excluding hydrogens is 218 g/mol. The van der Waals surface area contributed by atoms with Crippen LogP contribution < -0.4 is 0 Å². The molecule has 5 heteroatoms. The van der Waals surface area contributed by atoms with Gasteiger partial charge in [-0.15, -0.1) is 0 Å². The quantitative estimate of drug-likeness (QED) is 0.857. The van der Waals surface area contributed by atoms with Gasteiger partial charge in [0.25, 0.3) is 0 Å². The molecule has 0 unspecified atom stereocenters. The summed E-state index contributed by atoms with van der Waals surface area (Å²) in [6, 6.07) is 1.87. The summed E-state index contributed by atoms with van der Waals surface area (Å²) in [4.78, 5) is 20.1. The molecule has 1 saturated carbocycles. The predicted octanol–water partition coefficient (Wildman–Crippen LogP) is 1.92. The number of carboxylic acid groups (broad SMARTS) is 1. The zero-order valence-corrected chi connectivity index (χ0v) is 9.77. The van der Waals surface area contributed by atoms with E-state index in [0.717, 1.165) is 24.2 Å². The van der Waals surface area contributed by atoms with Crippen LogP contribution in [0.25, 0.3) is 5.78 Å². The fourth-order valence-electron chi connectivity index (χ4n) is 2.24. The minimum Gasteiger partial charge on any atom is -0.477 e. The third-order valence-electron chi connectivity index (χ3n) is 3.10. The number of aromatic carboxylic acids is 1. The number of hydrogen-bond donors (Lipinski definition) is 1. The SMILES string of the molecule is Cc1cc(C)n2c(C(=O)O)c(C3CC3)nc2n1. The van der Waals surface area contributed by atoms with Gasteiger partial charge in [-0.25, -0.2) is 14.8 Å². The zero-order chi connectivity index (χ0) is 12.2. The van der Waals surface area contributed by atoms with Crippen molar-refractivity contribution in [3.8, 4) is 0 Å². The van der Waals surface area contributed by atoms with E-state index in [0.29, 0.717) is 17.4 Å². The van der Waals surface area contributed by atoms with Gasteiger partial charge in [0.05, 0.1) is 5.69 Å². The van der Waals surface area contributed by atoms with Crippen LogP contribution in [0, 0.1) is 13.8 Å². The normalized spacial score (nSPS) is 15.4. The molecule has 2 aromatic rings. The first-order valence-electron chi connectivity index (χ1n) is 5.68. The molecule has 2 aromatic heterocycles. The summed E-state index contributed by atoms with van der Waals surface area (Å²) in [7, 11) is 0. The first kappa shape index (κ1) is 10.3. The van der Waals surface area contributed by atoms with E-state index in [1.807, 2.05) is 19.9 Å². The maximum Gasteiger partial charge on any atom is 0.354 e. The van der Waals surface area contributed by atoms with E-state index in [4.69, 9.17) is 0 Å². The molecular formula is C12H13N3O2. The topological polar surface area (TPSA) is 67.5 Å². The van der Waals surface area contributed by atoms with E-state index in [2.05, 4.69) is 9.97 Å². The van der Waals surface area contributed by atoms with Gasteiger partial charge >= 0.3 is 5.97 Å². The van der Waals surface area contributed by atoms with Crippen molar-refractivity contribution in [1.82, 2.24) is 14.4 Å². The second kappa shape index (κ2) is 3.29. The Balaban J connectivity index is 2.38. The molecule has 0 aromatic carbocycles. The summed E-state index contributed by atoms with van der Waals surface area (Å²) < 4.78 is 1.64. The number of nitrogens with zero attached hydrogens (tertiary/aromatic N) is 3. The fraction of sp³-hybridized carbons (Fsp3) is 0.417. The number of rotatable bonds is 2. The molecule has 3 rings (SSSR count). The average Bonchev–Trinajstić information content (AvgIpc) is 2.99. The van der Waals surface area contributed by atoms with E-state index >= 15 is 0 Å². The van der Waals surface area contributed by atoms with Crippen LogP contribution in [0.5, 0.6) is 0 Å². The molecule has 88 valence electrons. The Morgan fingerprint density at radius 2 is 2.12 bits per heavy atom. The summed E-state index contributed by atoms with van der Waals surface area (Å²) in [5, 5.41) is 9.33. The van der Waals surface area contributed by atoms with E-state index < -0.39 is 5.97 Å². The summed E-state index contributed by atoms with van der Waals surface area (Å²) >= 11 is 0. The molecule has 0 atom stereocenters. The van der Waals surface area contributed by atoms with Crippen LogP contribution in [0.2, 0.25) is 0 Å². The van der Waals surface area contributed by atoms with Crippen LogP contribution in [0.3, 0.4) is 0 Å². The van der Waals surface area contributed by atoms with Crippen molar-refractivity contribution >= 4 is 11.7 Å². The lowest BCUT2D eigenvalue weighted by Crippen LogP contribution is -2.07. The number of carboxylic acids is 1. The molecule has 0 aliphatic heterocycles. The number of imidazole rings is 1. The zero-order valence-electron chi connectivity index (χ0n) is 9.77. The van der Waals surface area contributed by atoms with Gasteiger partial charge in [0, 0.05) is 17.3 Å². The molecule has 0 spiro atoms. The number of fused-ring (bicyclic) bond motifs is 1. The highest BCUT2D eigenvalue weighted by Crippen LogP contribution is 2.41. The average molecular weight is 231 g/mol. The molecule has 1 aliphatic rings. The lowest BCUT2D eigenvalue weighted by Gasteiger charge is -2.03. The minimum absolute atomic E-state index is 0.285. The highest BCUT2D eigenvalue weighted by Gasteiger charge is 2.33. The van der Waals surface area contributed by atoms with E-state index in [1.165, 1.54) is 0 Å². The van der Waals surface area contributed by atoms with E-state index in [1.54, 1.807) is 4.40 Å². The second-order valence-corrected chi connectivity index (χ2v) is 4.60. The molecule has 0 bridgehead atoms. The Morgan fingerprint density at radius 1 is 1.41 bits per heavy atom. The Hall–Kier alpha value is -1.91.